The highest BCUT2D eigenvalue weighted by atomic mass is 32.1. The van der Waals surface area contributed by atoms with E-state index in [9.17, 15) is 9.59 Å². The van der Waals surface area contributed by atoms with Crippen LogP contribution in [0.25, 0.3) is 0 Å². The van der Waals surface area contributed by atoms with Crippen molar-refractivity contribution in [2.24, 2.45) is 16.9 Å². The zero-order valence-corrected chi connectivity index (χ0v) is 16.4. The Hall–Kier alpha value is -2.68. The van der Waals surface area contributed by atoms with Crippen LogP contribution in [0.5, 0.6) is 0 Å². The van der Waals surface area contributed by atoms with Crippen LogP contribution < -0.4 is 22.1 Å². The molecule has 8 nitrogen and oxygen atoms in total. The van der Waals surface area contributed by atoms with Gasteiger partial charge in [0.1, 0.15) is 11.0 Å². The van der Waals surface area contributed by atoms with Gasteiger partial charge in [-0.1, -0.05) is 20.8 Å². The molecule has 6 N–H and O–H groups in total. The fraction of sp³-hybridized carbons (Fsp3) is 0.444. The molecule has 1 aliphatic carbocycles. The first kappa shape index (κ1) is 19.1. The SMILES string of the molecule is CC(C)(C)C(Nc1cnc(C(N)=O)c(Nc2cc(C3CC3)ns2)c1)C(N)=O. The van der Waals surface area contributed by atoms with E-state index in [4.69, 9.17) is 11.5 Å². The summed E-state index contributed by atoms with van der Waals surface area (Å²) in [6, 6.07) is 3.08. The Labute approximate surface area is 161 Å². The van der Waals surface area contributed by atoms with Crippen molar-refractivity contribution >= 4 is 39.7 Å². The third kappa shape index (κ3) is 4.54. The Morgan fingerprint density at radius 1 is 1.26 bits per heavy atom. The standard InChI is InChI=1S/C18H24N6O2S/c1-18(2,3)15(17(20)26)22-10-6-12(14(16(19)25)21-8-10)23-13-7-11(24-27-13)9-4-5-9/h6-9,15,22-23H,4-5H2,1-3H3,(H2,19,25)(H2,20,26). The van der Waals surface area contributed by atoms with Gasteiger partial charge in [-0.2, -0.15) is 4.37 Å². The Morgan fingerprint density at radius 3 is 2.52 bits per heavy atom. The van der Waals surface area contributed by atoms with Crippen LogP contribution in [0.15, 0.2) is 18.3 Å². The number of anilines is 3. The van der Waals surface area contributed by atoms with Crippen LogP contribution in [-0.2, 0) is 4.79 Å². The van der Waals surface area contributed by atoms with E-state index in [1.807, 2.05) is 26.8 Å². The molecular weight excluding hydrogens is 364 g/mol. The number of hydrogen-bond acceptors (Lipinski definition) is 7. The molecular formula is C18H24N6O2S. The highest BCUT2D eigenvalue weighted by Gasteiger charge is 2.30. The van der Waals surface area contributed by atoms with Crippen molar-refractivity contribution in [1.29, 1.82) is 0 Å². The molecule has 3 rings (SSSR count). The van der Waals surface area contributed by atoms with Crippen molar-refractivity contribution in [2.75, 3.05) is 10.6 Å². The largest absolute Gasteiger partial charge is 0.372 e. The Bertz CT molecular complexity index is 869. The second kappa shape index (κ2) is 7.15. The Kier molecular flexibility index (Phi) is 5.05. The molecule has 1 unspecified atom stereocenters. The van der Waals surface area contributed by atoms with E-state index in [0.717, 1.165) is 23.5 Å². The molecule has 144 valence electrons. The van der Waals surface area contributed by atoms with Crippen LogP contribution in [0, 0.1) is 5.41 Å². The average molecular weight is 388 g/mol. The maximum Gasteiger partial charge on any atom is 0.269 e. The predicted molar refractivity (Wildman–Crippen MR) is 106 cm³/mol. The summed E-state index contributed by atoms with van der Waals surface area (Å²) in [6.45, 7) is 5.74. The van der Waals surface area contributed by atoms with Crippen molar-refractivity contribution < 1.29 is 9.59 Å². The number of amides is 2. The summed E-state index contributed by atoms with van der Waals surface area (Å²) in [5.41, 5.74) is 12.8. The van der Waals surface area contributed by atoms with Gasteiger partial charge in [-0.3, -0.25) is 9.59 Å². The highest BCUT2D eigenvalue weighted by molar-refractivity contribution is 7.10. The summed E-state index contributed by atoms with van der Waals surface area (Å²) in [4.78, 5) is 27.7. The molecule has 2 aromatic heterocycles. The molecule has 0 spiro atoms. The predicted octanol–water partition coefficient (Wildman–Crippen LogP) is 2.57. The van der Waals surface area contributed by atoms with Crippen LogP contribution in [0.3, 0.4) is 0 Å². The van der Waals surface area contributed by atoms with Gasteiger partial charge < -0.3 is 22.1 Å². The minimum Gasteiger partial charge on any atom is -0.372 e. The Morgan fingerprint density at radius 2 is 1.96 bits per heavy atom. The van der Waals surface area contributed by atoms with Crippen molar-refractivity contribution in [3.05, 3.63) is 29.7 Å². The van der Waals surface area contributed by atoms with Crippen LogP contribution in [0.2, 0.25) is 0 Å². The van der Waals surface area contributed by atoms with E-state index < -0.39 is 23.3 Å². The molecule has 2 heterocycles. The third-order valence-corrected chi connectivity index (χ3v) is 5.08. The summed E-state index contributed by atoms with van der Waals surface area (Å²) in [7, 11) is 0. The number of carbonyl (C=O) groups excluding carboxylic acids is 2. The smallest absolute Gasteiger partial charge is 0.269 e. The number of primary amides is 2. The first-order chi connectivity index (χ1) is 12.6. The molecule has 0 bridgehead atoms. The second-order valence-corrected chi connectivity index (χ2v) is 8.65. The molecule has 2 aromatic rings. The van der Waals surface area contributed by atoms with Gasteiger partial charge in [0.15, 0.2) is 5.69 Å². The fourth-order valence-corrected chi connectivity index (χ4v) is 3.50. The van der Waals surface area contributed by atoms with Crippen LogP contribution >= 0.6 is 11.5 Å². The quantitative estimate of drug-likeness (QED) is 0.575. The molecule has 2 amide bonds. The van der Waals surface area contributed by atoms with Crippen LogP contribution in [-0.4, -0.2) is 27.2 Å². The van der Waals surface area contributed by atoms with Gasteiger partial charge in [0.05, 0.1) is 23.3 Å². The van der Waals surface area contributed by atoms with Gasteiger partial charge in [-0.15, -0.1) is 0 Å². The number of aromatic nitrogens is 2. The van der Waals surface area contributed by atoms with Gasteiger partial charge in [0, 0.05) is 5.92 Å². The fourth-order valence-electron chi connectivity index (χ4n) is 2.77. The molecule has 1 saturated carbocycles. The lowest BCUT2D eigenvalue weighted by molar-refractivity contribution is -0.120. The molecule has 0 radical (unpaired) electrons. The first-order valence-corrected chi connectivity index (χ1v) is 9.52. The number of hydrogen-bond donors (Lipinski definition) is 4. The summed E-state index contributed by atoms with van der Waals surface area (Å²) in [5.74, 6) is -0.563. The topological polar surface area (TPSA) is 136 Å². The summed E-state index contributed by atoms with van der Waals surface area (Å²) in [6.07, 6.45) is 3.80. The third-order valence-electron chi connectivity index (χ3n) is 4.36. The second-order valence-electron chi connectivity index (χ2n) is 7.85. The molecule has 1 atom stereocenters. The number of pyridine rings is 1. The van der Waals surface area contributed by atoms with E-state index in [0.29, 0.717) is 17.3 Å². The average Bonchev–Trinajstić information content (AvgIpc) is 3.31. The maximum absolute atomic E-state index is 11.8. The minimum atomic E-state index is -0.641. The summed E-state index contributed by atoms with van der Waals surface area (Å²) < 4.78 is 4.44. The number of rotatable bonds is 7. The van der Waals surface area contributed by atoms with E-state index in [-0.39, 0.29) is 5.69 Å². The first-order valence-electron chi connectivity index (χ1n) is 8.74. The van der Waals surface area contributed by atoms with Crippen molar-refractivity contribution in [3.63, 3.8) is 0 Å². The lowest BCUT2D eigenvalue weighted by atomic mass is 9.86. The summed E-state index contributed by atoms with van der Waals surface area (Å²) >= 11 is 1.33. The molecule has 0 aromatic carbocycles. The monoisotopic (exact) mass is 388 g/mol. The lowest BCUT2D eigenvalue weighted by Crippen LogP contribution is -2.45. The highest BCUT2D eigenvalue weighted by Crippen LogP contribution is 2.41. The Balaban J connectivity index is 1.87. The molecule has 27 heavy (non-hydrogen) atoms. The summed E-state index contributed by atoms with van der Waals surface area (Å²) in [5, 5.41) is 7.08. The molecule has 9 heteroatoms. The van der Waals surface area contributed by atoms with Crippen molar-refractivity contribution in [1.82, 2.24) is 9.36 Å². The van der Waals surface area contributed by atoms with Gasteiger partial charge in [0.25, 0.3) is 5.91 Å². The van der Waals surface area contributed by atoms with Crippen molar-refractivity contribution in [2.45, 2.75) is 45.6 Å². The van der Waals surface area contributed by atoms with Crippen LogP contribution in [0.4, 0.5) is 16.4 Å². The van der Waals surface area contributed by atoms with Crippen LogP contribution in [0.1, 0.15) is 55.7 Å². The van der Waals surface area contributed by atoms with E-state index >= 15 is 0 Å². The van der Waals surface area contributed by atoms with Gasteiger partial charge >= 0.3 is 0 Å². The molecule has 0 aliphatic heterocycles. The molecule has 1 aliphatic rings. The normalized spacial score (nSPS) is 15.2. The minimum absolute atomic E-state index is 0.119. The van der Waals surface area contributed by atoms with Crippen molar-refractivity contribution in [3.8, 4) is 0 Å². The lowest BCUT2D eigenvalue weighted by Gasteiger charge is -2.29. The van der Waals surface area contributed by atoms with E-state index in [2.05, 4.69) is 20.0 Å². The van der Waals surface area contributed by atoms with Gasteiger partial charge in [-0.25, -0.2) is 4.98 Å². The zero-order valence-electron chi connectivity index (χ0n) is 15.6. The van der Waals surface area contributed by atoms with E-state index in [1.165, 1.54) is 17.7 Å². The number of carbonyl (C=O) groups is 2. The number of nitrogens with two attached hydrogens (primary N) is 2. The molecule has 1 fully saturated rings. The maximum atomic E-state index is 11.8. The number of nitrogens with zero attached hydrogens (tertiary/aromatic N) is 2. The van der Waals surface area contributed by atoms with Gasteiger partial charge in [-0.05, 0) is 41.9 Å². The van der Waals surface area contributed by atoms with Gasteiger partial charge in [0.2, 0.25) is 5.91 Å². The zero-order chi connectivity index (χ0) is 19.8. The molecule has 0 saturated heterocycles. The number of nitrogens with one attached hydrogen (secondary N) is 2. The van der Waals surface area contributed by atoms with E-state index in [1.54, 1.807) is 6.07 Å².